The quantitative estimate of drug-likeness (QED) is 0.0222. The van der Waals surface area contributed by atoms with E-state index in [2.05, 4.69) is 41.5 Å². The van der Waals surface area contributed by atoms with Crippen LogP contribution in [0, 0.1) is 11.8 Å². The van der Waals surface area contributed by atoms with Crippen molar-refractivity contribution in [2.75, 3.05) is 39.6 Å². The Balaban J connectivity index is 5.19. The molecule has 0 aliphatic rings. The summed E-state index contributed by atoms with van der Waals surface area (Å²) in [5.41, 5.74) is 0. The fraction of sp³-hybridized carbons (Fsp3) is 0.944. The van der Waals surface area contributed by atoms with Gasteiger partial charge in [0.05, 0.1) is 26.4 Å². The van der Waals surface area contributed by atoms with Crippen molar-refractivity contribution >= 4 is 39.5 Å². The highest BCUT2D eigenvalue weighted by molar-refractivity contribution is 7.47. The lowest BCUT2D eigenvalue weighted by atomic mass is 10.0. The summed E-state index contributed by atoms with van der Waals surface area (Å²) in [7, 11) is -9.90. The number of rotatable bonds is 70. The standard InChI is InChI=1S/C71H138O17P2/c1-7-9-11-13-15-16-23-31-37-43-49-55-70(75)87-66(59-81-68(73)53-47-41-33-14-12-10-8-2)61-85-89(77,78)83-57-65(72)58-84-90(79,80)86-62-67(60-82-69(74)54-48-42-36-30-27-22-25-29-35-40-46-52-64(5)6)88-71(76)56-50-44-38-32-26-21-19-17-18-20-24-28-34-39-45-51-63(3)4/h63-67,72H,7-62H2,1-6H3,(H,77,78)(H,79,80)/t65-,66+,67+/m0/s1. The van der Waals surface area contributed by atoms with E-state index in [1.165, 1.54) is 167 Å². The molecule has 90 heavy (non-hydrogen) atoms. The molecule has 0 fully saturated rings. The van der Waals surface area contributed by atoms with Crippen LogP contribution in [0.5, 0.6) is 0 Å². The van der Waals surface area contributed by atoms with Crippen LogP contribution in [0.1, 0.15) is 363 Å². The second-order valence-electron chi connectivity index (χ2n) is 26.6. The first-order valence-electron chi connectivity index (χ1n) is 37.0. The van der Waals surface area contributed by atoms with Gasteiger partial charge >= 0.3 is 39.5 Å². The molecule has 0 aliphatic carbocycles. The third-order valence-corrected chi connectivity index (χ3v) is 18.4. The normalized spacial score (nSPS) is 14.1. The molecule has 17 nitrogen and oxygen atoms in total. The number of hydrogen-bond acceptors (Lipinski definition) is 15. The van der Waals surface area contributed by atoms with Crippen LogP contribution < -0.4 is 0 Å². The molecule has 0 radical (unpaired) electrons. The van der Waals surface area contributed by atoms with Gasteiger partial charge in [0.1, 0.15) is 19.3 Å². The highest BCUT2D eigenvalue weighted by Crippen LogP contribution is 2.45. The fourth-order valence-electron chi connectivity index (χ4n) is 10.8. The topological polar surface area (TPSA) is 237 Å². The van der Waals surface area contributed by atoms with Gasteiger partial charge in [-0.15, -0.1) is 0 Å². The van der Waals surface area contributed by atoms with Crippen molar-refractivity contribution in [1.29, 1.82) is 0 Å². The zero-order chi connectivity index (χ0) is 66.5. The molecule has 5 atom stereocenters. The fourth-order valence-corrected chi connectivity index (χ4v) is 12.3. The molecule has 19 heteroatoms. The van der Waals surface area contributed by atoms with Crippen LogP contribution in [0.2, 0.25) is 0 Å². The molecule has 0 aromatic rings. The SMILES string of the molecule is CCCCCCCCCCCCCC(=O)O[C@H](COC(=O)CCCCCCCCC)COP(=O)(O)OC[C@H](O)COP(=O)(O)OC[C@@H](COC(=O)CCCCCCCCCCCCCC(C)C)OC(=O)CCCCCCCCCCCCCCCCCC(C)C. The Kier molecular flexibility index (Phi) is 61.8. The first kappa shape index (κ1) is 88.1. The van der Waals surface area contributed by atoms with Gasteiger partial charge in [-0.2, -0.15) is 0 Å². The van der Waals surface area contributed by atoms with Crippen molar-refractivity contribution < 1.29 is 80.2 Å². The minimum absolute atomic E-state index is 0.106. The molecule has 0 amide bonds. The van der Waals surface area contributed by atoms with E-state index in [4.69, 9.17) is 37.0 Å². The van der Waals surface area contributed by atoms with E-state index in [0.717, 1.165) is 115 Å². The number of carbonyl (C=O) groups excluding carboxylic acids is 4. The third-order valence-electron chi connectivity index (χ3n) is 16.5. The van der Waals surface area contributed by atoms with E-state index in [1.807, 2.05) is 0 Å². The molecule has 0 saturated heterocycles. The number of ether oxygens (including phenoxy) is 4. The molecule has 0 rings (SSSR count). The summed E-state index contributed by atoms with van der Waals surface area (Å²) >= 11 is 0. The monoisotopic (exact) mass is 1320 g/mol. The molecule has 0 aliphatic heterocycles. The lowest BCUT2D eigenvalue weighted by Gasteiger charge is -2.21. The van der Waals surface area contributed by atoms with E-state index in [0.29, 0.717) is 25.7 Å². The molecule has 0 aromatic heterocycles. The molecular formula is C71H138O17P2. The summed E-state index contributed by atoms with van der Waals surface area (Å²) in [5.74, 6) is -0.553. The van der Waals surface area contributed by atoms with Crippen LogP contribution >= 0.6 is 15.6 Å². The first-order valence-corrected chi connectivity index (χ1v) is 40.0. The number of aliphatic hydroxyl groups excluding tert-OH is 1. The van der Waals surface area contributed by atoms with Crippen LogP contribution in [-0.4, -0.2) is 96.7 Å². The Hall–Kier alpha value is -1.94. The molecule has 2 unspecified atom stereocenters. The van der Waals surface area contributed by atoms with Crippen LogP contribution in [0.15, 0.2) is 0 Å². The molecule has 0 heterocycles. The number of carbonyl (C=O) groups is 4. The van der Waals surface area contributed by atoms with Gasteiger partial charge in [0.25, 0.3) is 0 Å². The smallest absolute Gasteiger partial charge is 0.462 e. The van der Waals surface area contributed by atoms with E-state index >= 15 is 0 Å². The van der Waals surface area contributed by atoms with Crippen molar-refractivity contribution in [2.24, 2.45) is 11.8 Å². The van der Waals surface area contributed by atoms with Crippen molar-refractivity contribution in [1.82, 2.24) is 0 Å². The lowest BCUT2D eigenvalue weighted by Crippen LogP contribution is -2.30. The van der Waals surface area contributed by atoms with E-state index in [-0.39, 0.29) is 25.7 Å². The Bertz CT molecular complexity index is 1750. The molecular weight excluding hydrogens is 1190 g/mol. The average Bonchev–Trinajstić information content (AvgIpc) is 3.61. The maximum Gasteiger partial charge on any atom is 0.472 e. The second kappa shape index (κ2) is 63.1. The van der Waals surface area contributed by atoms with Crippen molar-refractivity contribution in [3.63, 3.8) is 0 Å². The van der Waals surface area contributed by atoms with Gasteiger partial charge in [0.2, 0.25) is 0 Å². The number of phosphoric ester groups is 2. The Morgan fingerprint density at radius 2 is 0.511 bits per heavy atom. The van der Waals surface area contributed by atoms with Crippen molar-refractivity contribution in [2.45, 2.75) is 381 Å². The molecule has 0 saturated carbocycles. The third kappa shape index (κ3) is 64.8. The number of hydrogen-bond donors (Lipinski definition) is 3. The van der Waals surface area contributed by atoms with Gasteiger partial charge in [-0.1, -0.05) is 311 Å². The van der Waals surface area contributed by atoms with E-state index in [9.17, 15) is 43.2 Å². The predicted molar refractivity (Wildman–Crippen MR) is 363 cm³/mol. The molecule has 0 bridgehead atoms. The van der Waals surface area contributed by atoms with Gasteiger partial charge in [0, 0.05) is 25.7 Å². The van der Waals surface area contributed by atoms with Crippen LogP contribution in [-0.2, 0) is 65.4 Å². The Labute approximate surface area is 549 Å². The summed E-state index contributed by atoms with van der Waals surface area (Å²) in [5, 5.41) is 10.6. The largest absolute Gasteiger partial charge is 0.472 e. The number of esters is 4. The van der Waals surface area contributed by atoms with Crippen molar-refractivity contribution in [3.05, 3.63) is 0 Å². The average molecular weight is 1330 g/mol. The molecule has 3 N–H and O–H groups in total. The minimum atomic E-state index is -4.95. The van der Waals surface area contributed by atoms with Crippen LogP contribution in [0.3, 0.4) is 0 Å². The summed E-state index contributed by atoms with van der Waals surface area (Å²) in [6.45, 7) is 9.54. The van der Waals surface area contributed by atoms with E-state index < -0.39 is 97.5 Å². The summed E-state index contributed by atoms with van der Waals surface area (Å²) in [6.07, 6.45) is 48.6. The van der Waals surface area contributed by atoms with E-state index in [1.54, 1.807) is 0 Å². The zero-order valence-electron chi connectivity index (χ0n) is 58.4. The predicted octanol–water partition coefficient (Wildman–Crippen LogP) is 20.4. The van der Waals surface area contributed by atoms with Gasteiger partial charge in [0.15, 0.2) is 12.2 Å². The van der Waals surface area contributed by atoms with Gasteiger partial charge in [-0.3, -0.25) is 37.3 Å². The molecule has 0 aromatic carbocycles. The second-order valence-corrected chi connectivity index (χ2v) is 29.5. The zero-order valence-corrected chi connectivity index (χ0v) is 60.2. The number of aliphatic hydroxyl groups is 1. The Morgan fingerprint density at radius 1 is 0.300 bits per heavy atom. The van der Waals surface area contributed by atoms with Crippen LogP contribution in [0.25, 0.3) is 0 Å². The van der Waals surface area contributed by atoms with Gasteiger partial charge in [-0.05, 0) is 37.5 Å². The lowest BCUT2D eigenvalue weighted by molar-refractivity contribution is -0.161. The summed E-state index contributed by atoms with van der Waals surface area (Å²) in [6, 6.07) is 0. The van der Waals surface area contributed by atoms with Gasteiger partial charge in [-0.25, -0.2) is 9.13 Å². The first-order chi connectivity index (χ1) is 43.4. The minimum Gasteiger partial charge on any atom is -0.462 e. The van der Waals surface area contributed by atoms with Crippen molar-refractivity contribution in [3.8, 4) is 0 Å². The number of unbranched alkanes of at least 4 members (excludes halogenated alkanes) is 40. The highest BCUT2D eigenvalue weighted by atomic mass is 31.2. The maximum atomic E-state index is 13.0. The highest BCUT2D eigenvalue weighted by Gasteiger charge is 2.30. The van der Waals surface area contributed by atoms with Gasteiger partial charge < -0.3 is 33.8 Å². The maximum absolute atomic E-state index is 13.0. The van der Waals surface area contributed by atoms with Crippen LogP contribution in [0.4, 0.5) is 0 Å². The summed E-state index contributed by atoms with van der Waals surface area (Å²) < 4.78 is 68.2. The summed E-state index contributed by atoms with van der Waals surface area (Å²) in [4.78, 5) is 72.4. The number of phosphoric acid groups is 2. The molecule has 0 spiro atoms. The Morgan fingerprint density at radius 3 is 0.756 bits per heavy atom. The molecule has 534 valence electrons.